The predicted molar refractivity (Wildman–Crippen MR) is 516 cm³/mol. The first-order valence-corrected chi connectivity index (χ1v) is 55.6. The van der Waals surface area contributed by atoms with Gasteiger partial charge in [0.25, 0.3) is 0 Å². The number of hydrogen-bond donors (Lipinski definition) is 2. The van der Waals surface area contributed by atoms with Gasteiger partial charge in [0.05, 0.1) is 91.5 Å². The quantitative estimate of drug-likeness (QED) is 0.242. The number of rotatable bonds is 5. The van der Waals surface area contributed by atoms with Gasteiger partial charge in [0.1, 0.15) is 28.9 Å². The summed E-state index contributed by atoms with van der Waals surface area (Å²) in [7, 11) is 0. The van der Waals surface area contributed by atoms with Crippen LogP contribution in [0, 0.1) is 173 Å². The number of ether oxygens (including phenoxy) is 12. The predicted octanol–water partition coefficient (Wildman–Crippen LogP) is 20.1. The average Bonchev–Trinajstić information content (AvgIpc) is 1.43. The van der Waals surface area contributed by atoms with Gasteiger partial charge in [-0.25, -0.2) is 0 Å². The number of ketones is 7. The van der Waals surface area contributed by atoms with Crippen molar-refractivity contribution >= 4 is 40.5 Å². The molecule has 26 aliphatic rings. The van der Waals surface area contributed by atoms with E-state index < -0.39 is 34.7 Å². The minimum Gasteiger partial charge on any atom is -0.393 e. The van der Waals surface area contributed by atoms with E-state index in [9.17, 15) is 43.8 Å². The van der Waals surface area contributed by atoms with Crippen molar-refractivity contribution in [1.29, 1.82) is 0 Å². The molecule has 26 rings (SSSR count). The van der Waals surface area contributed by atoms with Crippen LogP contribution in [0.25, 0.3) is 0 Å². The Balaban J connectivity index is 0.0000001000. The van der Waals surface area contributed by atoms with Gasteiger partial charge in [0.15, 0.2) is 46.3 Å². The van der Waals surface area contributed by atoms with E-state index in [1.807, 2.05) is 12.2 Å². The van der Waals surface area contributed by atoms with Crippen LogP contribution in [0.1, 0.15) is 329 Å². The molecule has 762 valence electrons. The van der Waals surface area contributed by atoms with Crippen molar-refractivity contribution in [2.24, 2.45) is 173 Å². The highest BCUT2D eigenvalue weighted by atomic mass is 16.8. The van der Waals surface area contributed by atoms with Crippen LogP contribution in [0.5, 0.6) is 0 Å². The van der Waals surface area contributed by atoms with Crippen LogP contribution >= 0.6 is 0 Å². The van der Waals surface area contributed by atoms with Gasteiger partial charge in [0, 0.05) is 118 Å². The van der Waals surface area contributed by atoms with E-state index in [0.29, 0.717) is 217 Å². The first-order chi connectivity index (χ1) is 65.4. The summed E-state index contributed by atoms with van der Waals surface area (Å²) in [6.07, 6.45) is 43.5. The highest BCUT2D eigenvalue weighted by Gasteiger charge is 2.73. The molecule has 0 radical (unpaired) electrons. The highest BCUT2D eigenvalue weighted by molar-refractivity contribution is 5.94. The van der Waals surface area contributed by atoms with E-state index in [2.05, 4.69) is 108 Å². The van der Waals surface area contributed by atoms with Crippen LogP contribution in [-0.4, -0.2) is 177 Å². The van der Waals surface area contributed by atoms with Gasteiger partial charge < -0.3 is 67.1 Å². The van der Waals surface area contributed by atoms with E-state index in [4.69, 9.17) is 56.8 Å². The lowest BCUT2D eigenvalue weighted by Crippen LogP contribution is -2.59. The van der Waals surface area contributed by atoms with Crippen molar-refractivity contribution in [2.45, 2.75) is 376 Å². The zero-order chi connectivity index (χ0) is 96.9. The Morgan fingerprint density at radius 1 is 0.290 bits per heavy atom. The number of carbonyl (C=O) groups is 7. The fraction of sp³-hybridized carbons (Fsp3) is 0.855. The molecular weight excluding hydrogens is 1740 g/mol. The number of Topliss-reactive ketones (excluding diaryl/α,β-unsaturated/α-hetero) is 5. The zero-order valence-electron chi connectivity index (χ0n) is 86.5. The molecule has 32 atom stereocenters. The van der Waals surface area contributed by atoms with Gasteiger partial charge in [-0.05, 0) is 326 Å². The van der Waals surface area contributed by atoms with Crippen LogP contribution in [0.2, 0.25) is 0 Å². The lowest BCUT2D eigenvalue weighted by Gasteiger charge is -2.61. The Morgan fingerprint density at radius 3 is 1.01 bits per heavy atom. The molecule has 6 saturated heterocycles. The third-order valence-corrected chi connectivity index (χ3v) is 47.1. The summed E-state index contributed by atoms with van der Waals surface area (Å²) in [6, 6.07) is 0. The van der Waals surface area contributed by atoms with Crippen molar-refractivity contribution < 1.29 is 101 Å². The molecule has 0 aromatic heterocycles. The van der Waals surface area contributed by atoms with Gasteiger partial charge in [-0.2, -0.15) is 0 Å². The summed E-state index contributed by atoms with van der Waals surface area (Å²) in [4.78, 5) is 89.0. The number of carbonyl (C=O) groups excluding carboxylic acids is 7. The largest absolute Gasteiger partial charge is 0.393 e. The SMILES string of the molecule is CC(=O)[C@H]1CCC2C3CCC4=CC(=O)CC[C@]4(C)C3C(=O)C[C@@]21C.CC(=O)[C@H]1CCC2C3CCC4=CC(=O)CC[C@]4(C)C3[C@H](O)C[C@@]21C.CC1([C@H]2CCC3C4CC=C5CC6(CC[C@]5(C)C4C(=O)C[C@@]32C)OCCO6)OCCO1.CC1([C@H]2CCC3C4CC=C5CC6(CC[C@]5(C)C4C(=O)C[C@@]32C)OCCO6)OCCO1.CC1([C@H]2CCC3C4CC=C5CC6(CC[C@]5(C)C4[C@@H](O)C[C@@]32C)OCCO6)OCCO1. The lowest BCUT2D eigenvalue weighted by atomic mass is 9.46. The minimum absolute atomic E-state index is 0.0212. The Morgan fingerprint density at radius 2 is 0.587 bits per heavy atom. The van der Waals surface area contributed by atoms with Crippen LogP contribution in [0.15, 0.2) is 58.2 Å². The van der Waals surface area contributed by atoms with Crippen molar-refractivity contribution in [3.8, 4) is 0 Å². The molecule has 15 unspecified atom stereocenters. The van der Waals surface area contributed by atoms with Crippen LogP contribution in [-0.2, 0) is 90.4 Å². The molecule has 0 aromatic carbocycles. The molecule has 3 spiro atoms. The van der Waals surface area contributed by atoms with Crippen LogP contribution in [0.3, 0.4) is 0 Å². The normalized spacial score (nSPS) is 49.5. The van der Waals surface area contributed by atoms with Gasteiger partial charge in [0.2, 0.25) is 0 Å². The van der Waals surface area contributed by atoms with Gasteiger partial charge >= 0.3 is 0 Å². The molecule has 0 amide bonds. The molecule has 21 fully saturated rings. The summed E-state index contributed by atoms with van der Waals surface area (Å²) in [6.45, 7) is 41.3. The van der Waals surface area contributed by atoms with E-state index in [-0.39, 0.29) is 119 Å². The van der Waals surface area contributed by atoms with Crippen molar-refractivity contribution in [2.75, 3.05) is 79.3 Å². The summed E-state index contributed by atoms with van der Waals surface area (Å²) >= 11 is 0. The molecule has 0 aromatic rings. The standard InChI is InChI=1S/C25H38O5.2C25H36O5.C21H30O3.C21H28O3/c3*1-22-8-9-25(29-12-13-30-25)14-16(22)4-5-17-18-6-7-20(24(3)27-10-11-28-24)23(18,2)15-19(26)21(17)22;2*1-12(22)16-6-7-17-15-5-4-13-10-14(23)8-9-20(13,2)19(15)18(24)11-21(16,17)3/h4,17-21,26H,5-15H2,1-3H3;2*4,17-18,20-21H,5-15H2,1-3H3;10,15-19,24H,4-9,11H2,1-3H3;10,15-17,19H,4-9,11H2,1-3H3/t17?,18?,19-,20-,21?,22-,23-;2*17?,18?,20-,21?,22-,23-;15?,16-,17?,18-,19?,20+,21-;15?,16-,17?,19?,20+,21-/m00011/s1. The molecule has 20 aliphatic carbocycles. The number of fused-ring (bicyclic) bond motifs is 25. The molecular formula is C117H168O21. The first kappa shape index (κ1) is 98.5. The zero-order valence-corrected chi connectivity index (χ0v) is 86.5. The van der Waals surface area contributed by atoms with E-state index >= 15 is 0 Å². The molecule has 2 N–H and O–H groups in total. The Bertz CT molecular complexity index is 4840. The van der Waals surface area contributed by atoms with Gasteiger partial charge in [-0.15, -0.1) is 0 Å². The first-order valence-electron chi connectivity index (χ1n) is 55.6. The molecule has 138 heavy (non-hydrogen) atoms. The Kier molecular flexibility index (Phi) is 24.8. The number of hydrogen-bond acceptors (Lipinski definition) is 21. The van der Waals surface area contributed by atoms with Crippen molar-refractivity contribution in [1.82, 2.24) is 0 Å². The van der Waals surface area contributed by atoms with Gasteiger partial charge in [-0.3, -0.25) is 33.6 Å². The number of aliphatic hydroxyl groups is 2. The summed E-state index contributed by atoms with van der Waals surface area (Å²) in [5.41, 5.74) is 6.52. The Hall–Kier alpha value is -4.17. The van der Waals surface area contributed by atoms with Crippen molar-refractivity contribution in [3.05, 3.63) is 58.2 Å². The Labute approximate surface area is 822 Å². The maximum Gasteiger partial charge on any atom is 0.172 e. The molecule has 6 aliphatic heterocycles. The summed E-state index contributed by atoms with van der Waals surface area (Å²) in [5, 5.41) is 22.8. The fourth-order valence-corrected chi connectivity index (χ4v) is 41.0. The molecule has 15 saturated carbocycles. The van der Waals surface area contributed by atoms with Crippen LogP contribution in [0.4, 0.5) is 0 Å². The monoisotopic (exact) mass is 1910 g/mol. The fourth-order valence-electron chi connectivity index (χ4n) is 41.0. The highest BCUT2D eigenvalue weighted by Crippen LogP contribution is 2.76. The molecule has 21 nitrogen and oxygen atoms in total. The maximum absolute atomic E-state index is 13.8. The molecule has 21 heteroatoms. The summed E-state index contributed by atoms with van der Waals surface area (Å²) < 4.78 is 72.9. The average molecular weight is 1910 g/mol. The third-order valence-electron chi connectivity index (χ3n) is 47.1. The lowest BCUT2D eigenvalue weighted by molar-refractivity contribution is -0.227. The third kappa shape index (κ3) is 15.1. The number of aliphatic hydroxyl groups excluding tert-OH is 2. The van der Waals surface area contributed by atoms with E-state index in [0.717, 1.165) is 173 Å². The van der Waals surface area contributed by atoms with E-state index in [1.165, 1.54) is 47.1 Å². The van der Waals surface area contributed by atoms with Gasteiger partial charge in [-0.1, -0.05) is 115 Å². The second-order valence-corrected chi connectivity index (χ2v) is 53.0. The molecule has 6 heterocycles. The summed E-state index contributed by atoms with van der Waals surface area (Å²) in [5.74, 6) is 6.83. The second kappa shape index (κ2) is 34.7. The topological polar surface area (TPSA) is 271 Å². The van der Waals surface area contributed by atoms with Crippen molar-refractivity contribution in [3.63, 3.8) is 0 Å². The smallest absolute Gasteiger partial charge is 0.172 e. The molecule has 0 bridgehead atoms. The number of allylic oxidation sites excluding steroid dienone is 5. The maximum atomic E-state index is 13.8. The minimum atomic E-state index is -0.523. The van der Waals surface area contributed by atoms with E-state index in [1.54, 1.807) is 13.8 Å². The second-order valence-electron chi connectivity index (χ2n) is 53.0. The van der Waals surface area contributed by atoms with Crippen LogP contribution < -0.4 is 0 Å².